The summed E-state index contributed by atoms with van der Waals surface area (Å²) in [7, 11) is 0. The summed E-state index contributed by atoms with van der Waals surface area (Å²) in [4.78, 5) is 14.8. The maximum absolute atomic E-state index is 13.0. The molecule has 4 heteroatoms. The molecule has 126 valence electrons. The van der Waals surface area contributed by atoms with E-state index in [4.69, 9.17) is 0 Å². The molecule has 1 heterocycles. The first-order chi connectivity index (χ1) is 11.2. The fourth-order valence-corrected chi connectivity index (χ4v) is 3.83. The molecule has 1 aromatic rings. The Labute approximate surface area is 138 Å². The van der Waals surface area contributed by atoms with Gasteiger partial charge < -0.3 is 5.32 Å². The first-order valence-electron chi connectivity index (χ1n) is 8.98. The molecule has 1 unspecified atom stereocenters. The number of rotatable bonds is 4. The lowest BCUT2D eigenvalue weighted by Gasteiger charge is -2.33. The Balaban J connectivity index is 1.50. The Morgan fingerprint density at radius 3 is 2.57 bits per heavy atom. The average Bonchev–Trinajstić information content (AvgIpc) is 2.58. The van der Waals surface area contributed by atoms with Gasteiger partial charge in [-0.1, -0.05) is 31.4 Å². The van der Waals surface area contributed by atoms with Crippen molar-refractivity contribution >= 4 is 5.91 Å². The Morgan fingerprint density at radius 2 is 1.83 bits per heavy atom. The summed E-state index contributed by atoms with van der Waals surface area (Å²) in [6, 6.07) is 7.07. The molecule has 0 aromatic heterocycles. The van der Waals surface area contributed by atoms with Gasteiger partial charge in [0.2, 0.25) is 5.91 Å². The molecule has 1 amide bonds. The zero-order valence-corrected chi connectivity index (χ0v) is 13.8. The van der Waals surface area contributed by atoms with Gasteiger partial charge in [-0.15, -0.1) is 0 Å². The third-order valence-electron chi connectivity index (χ3n) is 5.15. The van der Waals surface area contributed by atoms with Gasteiger partial charge in [0.05, 0.1) is 5.92 Å². The molecule has 1 atom stereocenters. The number of carbonyl (C=O) groups excluding carboxylic acids is 1. The van der Waals surface area contributed by atoms with Gasteiger partial charge >= 0.3 is 0 Å². The van der Waals surface area contributed by atoms with Crippen LogP contribution in [0.15, 0.2) is 24.3 Å². The number of amides is 1. The SMILES string of the molecule is O=C(NC1CCCCC1)C1CCCN(Cc2ccc(F)cc2)C1. The molecule has 0 spiro atoms. The van der Waals surface area contributed by atoms with E-state index in [0.29, 0.717) is 6.04 Å². The quantitative estimate of drug-likeness (QED) is 0.922. The molecule has 2 aliphatic rings. The Bertz CT molecular complexity index is 511. The Morgan fingerprint density at radius 1 is 1.09 bits per heavy atom. The molecule has 1 saturated heterocycles. The van der Waals surface area contributed by atoms with Crippen LogP contribution in [-0.4, -0.2) is 29.9 Å². The van der Waals surface area contributed by atoms with Crippen molar-refractivity contribution in [1.82, 2.24) is 10.2 Å². The van der Waals surface area contributed by atoms with Crippen molar-refractivity contribution in [2.24, 2.45) is 5.92 Å². The first-order valence-corrected chi connectivity index (χ1v) is 8.98. The molecule has 0 bridgehead atoms. The summed E-state index contributed by atoms with van der Waals surface area (Å²) >= 11 is 0. The smallest absolute Gasteiger partial charge is 0.224 e. The number of carbonyl (C=O) groups is 1. The van der Waals surface area contributed by atoms with Gasteiger partial charge in [-0.25, -0.2) is 4.39 Å². The van der Waals surface area contributed by atoms with E-state index in [9.17, 15) is 9.18 Å². The predicted molar refractivity (Wildman–Crippen MR) is 89.4 cm³/mol. The monoisotopic (exact) mass is 318 g/mol. The number of piperidine rings is 1. The van der Waals surface area contributed by atoms with Crippen molar-refractivity contribution in [2.45, 2.75) is 57.5 Å². The van der Waals surface area contributed by atoms with Crippen LogP contribution in [0.3, 0.4) is 0 Å². The number of likely N-dealkylation sites (tertiary alicyclic amines) is 1. The van der Waals surface area contributed by atoms with Crippen LogP contribution in [-0.2, 0) is 11.3 Å². The molecule has 2 fully saturated rings. The molecule has 3 rings (SSSR count). The van der Waals surface area contributed by atoms with E-state index in [-0.39, 0.29) is 17.6 Å². The maximum atomic E-state index is 13.0. The normalized spacial score (nSPS) is 23.6. The van der Waals surface area contributed by atoms with Crippen molar-refractivity contribution in [3.8, 4) is 0 Å². The van der Waals surface area contributed by atoms with Crippen molar-refractivity contribution in [3.05, 3.63) is 35.6 Å². The third kappa shape index (κ3) is 4.77. The number of hydrogen-bond acceptors (Lipinski definition) is 2. The number of halogens is 1. The predicted octanol–water partition coefficient (Wildman–Crippen LogP) is 3.49. The van der Waals surface area contributed by atoms with Gasteiger partial charge in [-0.05, 0) is 49.9 Å². The Hall–Kier alpha value is -1.42. The summed E-state index contributed by atoms with van der Waals surface area (Å²) in [5.74, 6) is 0.143. The summed E-state index contributed by atoms with van der Waals surface area (Å²) in [6.07, 6.45) is 8.11. The lowest BCUT2D eigenvalue weighted by Crippen LogP contribution is -2.46. The van der Waals surface area contributed by atoms with Crippen LogP contribution in [0.25, 0.3) is 0 Å². The van der Waals surface area contributed by atoms with E-state index >= 15 is 0 Å². The van der Waals surface area contributed by atoms with Crippen LogP contribution in [0, 0.1) is 11.7 Å². The van der Waals surface area contributed by atoms with E-state index in [2.05, 4.69) is 10.2 Å². The fourth-order valence-electron chi connectivity index (χ4n) is 3.83. The van der Waals surface area contributed by atoms with Crippen LogP contribution in [0.4, 0.5) is 4.39 Å². The molecule has 1 saturated carbocycles. The average molecular weight is 318 g/mol. The minimum atomic E-state index is -0.197. The van der Waals surface area contributed by atoms with Crippen molar-refractivity contribution < 1.29 is 9.18 Å². The number of benzene rings is 1. The minimum Gasteiger partial charge on any atom is -0.353 e. The molecular weight excluding hydrogens is 291 g/mol. The molecule has 1 aliphatic carbocycles. The second kappa shape index (κ2) is 7.91. The number of nitrogens with zero attached hydrogens (tertiary/aromatic N) is 1. The molecule has 3 nitrogen and oxygen atoms in total. The van der Waals surface area contributed by atoms with Gasteiger partial charge in [0.1, 0.15) is 5.82 Å². The van der Waals surface area contributed by atoms with Gasteiger partial charge in [0.15, 0.2) is 0 Å². The highest BCUT2D eigenvalue weighted by molar-refractivity contribution is 5.79. The molecule has 23 heavy (non-hydrogen) atoms. The topological polar surface area (TPSA) is 32.3 Å². The molecule has 1 N–H and O–H groups in total. The lowest BCUT2D eigenvalue weighted by molar-refractivity contribution is -0.127. The van der Waals surface area contributed by atoms with Gasteiger partial charge in [0.25, 0.3) is 0 Å². The Kier molecular flexibility index (Phi) is 5.65. The highest BCUT2D eigenvalue weighted by atomic mass is 19.1. The fraction of sp³-hybridized carbons (Fsp3) is 0.632. The lowest BCUT2D eigenvalue weighted by atomic mass is 9.93. The molecular formula is C19H27FN2O. The first kappa shape index (κ1) is 16.4. The second-order valence-electron chi connectivity index (χ2n) is 7.04. The van der Waals surface area contributed by atoms with Crippen LogP contribution in [0.2, 0.25) is 0 Å². The van der Waals surface area contributed by atoms with E-state index in [1.807, 2.05) is 12.1 Å². The van der Waals surface area contributed by atoms with E-state index in [0.717, 1.165) is 50.9 Å². The summed E-state index contributed by atoms with van der Waals surface area (Å²) in [5, 5.41) is 3.27. The molecule has 0 radical (unpaired) electrons. The highest BCUT2D eigenvalue weighted by Gasteiger charge is 2.27. The summed E-state index contributed by atoms with van der Waals surface area (Å²) in [5.41, 5.74) is 1.11. The van der Waals surface area contributed by atoms with Crippen molar-refractivity contribution in [1.29, 1.82) is 0 Å². The van der Waals surface area contributed by atoms with E-state index in [1.165, 1.54) is 31.4 Å². The second-order valence-corrected chi connectivity index (χ2v) is 7.04. The van der Waals surface area contributed by atoms with E-state index in [1.54, 1.807) is 0 Å². The van der Waals surface area contributed by atoms with Crippen LogP contribution in [0.1, 0.15) is 50.5 Å². The third-order valence-corrected chi connectivity index (χ3v) is 5.15. The number of nitrogens with one attached hydrogen (secondary N) is 1. The van der Waals surface area contributed by atoms with Crippen LogP contribution in [0.5, 0.6) is 0 Å². The summed E-state index contributed by atoms with van der Waals surface area (Å²) in [6.45, 7) is 2.63. The molecule has 1 aliphatic heterocycles. The minimum absolute atomic E-state index is 0.103. The van der Waals surface area contributed by atoms with Crippen molar-refractivity contribution in [3.63, 3.8) is 0 Å². The standard InChI is InChI=1S/C19H27FN2O/c20-17-10-8-15(9-11-17)13-22-12-4-5-16(14-22)19(23)21-18-6-2-1-3-7-18/h8-11,16,18H,1-7,12-14H2,(H,21,23). The zero-order chi connectivity index (χ0) is 16.1. The number of hydrogen-bond donors (Lipinski definition) is 1. The maximum Gasteiger partial charge on any atom is 0.224 e. The highest BCUT2D eigenvalue weighted by Crippen LogP contribution is 2.21. The largest absolute Gasteiger partial charge is 0.353 e. The molecule has 1 aromatic carbocycles. The van der Waals surface area contributed by atoms with Crippen LogP contribution >= 0.6 is 0 Å². The van der Waals surface area contributed by atoms with Crippen molar-refractivity contribution in [2.75, 3.05) is 13.1 Å². The van der Waals surface area contributed by atoms with Crippen LogP contribution < -0.4 is 5.32 Å². The van der Waals surface area contributed by atoms with Gasteiger partial charge in [-0.3, -0.25) is 9.69 Å². The van der Waals surface area contributed by atoms with Gasteiger partial charge in [0, 0.05) is 19.1 Å². The van der Waals surface area contributed by atoms with E-state index < -0.39 is 0 Å². The zero-order valence-electron chi connectivity index (χ0n) is 13.8. The summed E-state index contributed by atoms with van der Waals surface area (Å²) < 4.78 is 13.0. The van der Waals surface area contributed by atoms with Gasteiger partial charge in [-0.2, -0.15) is 0 Å².